The summed E-state index contributed by atoms with van der Waals surface area (Å²) >= 11 is 0. The Bertz CT molecular complexity index is 447. The van der Waals surface area contributed by atoms with Gasteiger partial charge in [-0.2, -0.15) is 5.10 Å². The second-order valence-electron chi connectivity index (χ2n) is 3.55. The minimum Gasteiger partial charge on any atom is -0.396 e. The van der Waals surface area contributed by atoms with Crippen molar-refractivity contribution in [1.82, 2.24) is 19.7 Å². The van der Waals surface area contributed by atoms with Crippen molar-refractivity contribution in [2.45, 2.75) is 13.5 Å². The van der Waals surface area contributed by atoms with Gasteiger partial charge in [0.1, 0.15) is 0 Å². The van der Waals surface area contributed by atoms with E-state index < -0.39 is 0 Å². The molecule has 0 fully saturated rings. The number of rotatable bonds is 4. The number of hydrogen-bond donors (Lipinski definition) is 2. The van der Waals surface area contributed by atoms with Crippen LogP contribution in [0.3, 0.4) is 0 Å². The smallest absolute Gasteiger partial charge is 0.222 e. The first-order chi connectivity index (χ1) is 7.74. The third-order valence-electron chi connectivity index (χ3n) is 2.06. The maximum Gasteiger partial charge on any atom is 0.222 e. The molecular weight excluding hydrogens is 204 g/mol. The highest BCUT2D eigenvalue weighted by atomic mass is 15.3. The largest absolute Gasteiger partial charge is 0.396 e. The van der Waals surface area contributed by atoms with Gasteiger partial charge in [-0.05, 0) is 12.5 Å². The number of nitrogens with one attached hydrogen (secondary N) is 1. The van der Waals surface area contributed by atoms with E-state index in [1.165, 1.54) is 0 Å². The zero-order valence-corrected chi connectivity index (χ0v) is 9.09. The molecule has 0 aliphatic heterocycles. The van der Waals surface area contributed by atoms with Crippen molar-refractivity contribution in [2.24, 2.45) is 0 Å². The highest BCUT2D eigenvalue weighted by Gasteiger charge is 1.96. The molecule has 2 aromatic heterocycles. The molecule has 0 radical (unpaired) electrons. The number of hydrogen-bond acceptors (Lipinski definition) is 5. The average molecular weight is 218 g/mol. The van der Waals surface area contributed by atoms with Crippen LogP contribution in [-0.2, 0) is 6.54 Å². The Labute approximate surface area is 93.5 Å². The SMILES string of the molecule is Cc1cnc(NCCn2cc(N)cn2)nc1. The van der Waals surface area contributed by atoms with Crippen LogP contribution in [0.15, 0.2) is 24.8 Å². The average Bonchev–Trinajstić information content (AvgIpc) is 2.67. The van der Waals surface area contributed by atoms with Crippen molar-refractivity contribution in [2.75, 3.05) is 17.6 Å². The van der Waals surface area contributed by atoms with E-state index in [4.69, 9.17) is 5.73 Å². The van der Waals surface area contributed by atoms with E-state index >= 15 is 0 Å². The lowest BCUT2D eigenvalue weighted by Crippen LogP contribution is -2.12. The summed E-state index contributed by atoms with van der Waals surface area (Å²) in [4.78, 5) is 8.28. The van der Waals surface area contributed by atoms with E-state index in [9.17, 15) is 0 Å². The zero-order valence-electron chi connectivity index (χ0n) is 9.09. The predicted octanol–water partition coefficient (Wildman–Crippen LogP) is 0.676. The molecule has 0 spiro atoms. The van der Waals surface area contributed by atoms with E-state index in [-0.39, 0.29) is 0 Å². The van der Waals surface area contributed by atoms with E-state index in [1.54, 1.807) is 29.5 Å². The van der Waals surface area contributed by atoms with Crippen molar-refractivity contribution in [3.8, 4) is 0 Å². The Hall–Kier alpha value is -2.11. The molecule has 0 unspecified atom stereocenters. The minimum atomic E-state index is 0.630. The van der Waals surface area contributed by atoms with Crippen molar-refractivity contribution in [1.29, 1.82) is 0 Å². The molecule has 0 aliphatic rings. The van der Waals surface area contributed by atoms with Crippen LogP contribution in [0.25, 0.3) is 0 Å². The van der Waals surface area contributed by atoms with E-state index in [0.29, 0.717) is 18.2 Å². The quantitative estimate of drug-likeness (QED) is 0.788. The van der Waals surface area contributed by atoms with Crippen LogP contribution >= 0.6 is 0 Å². The Morgan fingerprint density at radius 1 is 1.31 bits per heavy atom. The molecule has 16 heavy (non-hydrogen) atoms. The van der Waals surface area contributed by atoms with Gasteiger partial charge in [-0.1, -0.05) is 0 Å². The molecular formula is C10H14N6. The van der Waals surface area contributed by atoms with Crippen molar-refractivity contribution in [3.63, 3.8) is 0 Å². The van der Waals surface area contributed by atoms with Gasteiger partial charge in [0.25, 0.3) is 0 Å². The molecule has 0 aromatic carbocycles. The molecule has 2 heterocycles. The van der Waals surface area contributed by atoms with Gasteiger partial charge in [-0.15, -0.1) is 0 Å². The van der Waals surface area contributed by atoms with Gasteiger partial charge >= 0.3 is 0 Å². The number of nitrogens with two attached hydrogens (primary N) is 1. The maximum absolute atomic E-state index is 5.55. The van der Waals surface area contributed by atoms with Gasteiger partial charge in [-0.3, -0.25) is 4.68 Å². The Morgan fingerprint density at radius 3 is 2.69 bits per heavy atom. The lowest BCUT2D eigenvalue weighted by molar-refractivity contribution is 0.636. The lowest BCUT2D eigenvalue weighted by atomic mass is 10.4. The normalized spacial score (nSPS) is 10.3. The van der Waals surface area contributed by atoms with Gasteiger partial charge in [-0.25, -0.2) is 9.97 Å². The summed E-state index contributed by atoms with van der Waals surface area (Å²) < 4.78 is 1.77. The summed E-state index contributed by atoms with van der Waals surface area (Å²) in [5.74, 6) is 0.630. The molecule has 0 amide bonds. The third-order valence-corrected chi connectivity index (χ3v) is 2.06. The van der Waals surface area contributed by atoms with Crippen LogP contribution in [0.4, 0.5) is 11.6 Å². The van der Waals surface area contributed by atoms with E-state index in [1.807, 2.05) is 6.92 Å². The maximum atomic E-state index is 5.55. The van der Waals surface area contributed by atoms with Crippen LogP contribution in [0.5, 0.6) is 0 Å². The number of aryl methyl sites for hydroxylation is 1. The van der Waals surface area contributed by atoms with Gasteiger partial charge in [0.05, 0.1) is 18.4 Å². The van der Waals surface area contributed by atoms with Gasteiger partial charge in [0.15, 0.2) is 0 Å². The van der Waals surface area contributed by atoms with Crippen molar-refractivity contribution >= 4 is 11.6 Å². The number of anilines is 2. The lowest BCUT2D eigenvalue weighted by Gasteiger charge is -2.04. The number of nitrogens with zero attached hydrogens (tertiary/aromatic N) is 4. The summed E-state index contributed by atoms with van der Waals surface area (Å²) in [5.41, 5.74) is 7.27. The molecule has 84 valence electrons. The Balaban J connectivity index is 1.82. The third kappa shape index (κ3) is 2.69. The summed E-state index contributed by atoms with van der Waals surface area (Å²) in [6, 6.07) is 0. The molecule has 2 aromatic rings. The second kappa shape index (κ2) is 4.61. The molecule has 6 nitrogen and oxygen atoms in total. The molecule has 0 bridgehead atoms. The van der Waals surface area contributed by atoms with Gasteiger partial charge in [0.2, 0.25) is 5.95 Å². The fourth-order valence-corrected chi connectivity index (χ4v) is 1.27. The minimum absolute atomic E-state index is 0.630. The van der Waals surface area contributed by atoms with Gasteiger partial charge < -0.3 is 11.1 Å². The van der Waals surface area contributed by atoms with Gasteiger partial charge in [0, 0.05) is 25.1 Å². The molecule has 0 saturated carbocycles. The van der Waals surface area contributed by atoms with E-state index in [2.05, 4.69) is 20.4 Å². The van der Waals surface area contributed by atoms with E-state index in [0.717, 1.165) is 12.1 Å². The topological polar surface area (TPSA) is 81.7 Å². The first-order valence-corrected chi connectivity index (χ1v) is 5.04. The van der Waals surface area contributed by atoms with Crippen molar-refractivity contribution in [3.05, 3.63) is 30.4 Å². The molecule has 0 atom stereocenters. The highest BCUT2D eigenvalue weighted by molar-refractivity contribution is 5.30. The van der Waals surface area contributed by atoms with Crippen LogP contribution < -0.4 is 11.1 Å². The summed E-state index contributed by atoms with van der Waals surface area (Å²) in [6.07, 6.45) is 6.97. The molecule has 0 aliphatic carbocycles. The number of aromatic nitrogens is 4. The van der Waals surface area contributed by atoms with Crippen LogP contribution in [-0.4, -0.2) is 26.3 Å². The fourth-order valence-electron chi connectivity index (χ4n) is 1.27. The first kappa shape index (κ1) is 10.4. The van der Waals surface area contributed by atoms with Crippen molar-refractivity contribution < 1.29 is 0 Å². The molecule has 6 heteroatoms. The molecule has 2 rings (SSSR count). The number of nitrogen functional groups attached to an aromatic ring is 1. The highest BCUT2D eigenvalue weighted by Crippen LogP contribution is 1.99. The first-order valence-electron chi connectivity index (χ1n) is 5.04. The van der Waals surface area contributed by atoms with Crippen LogP contribution in [0.1, 0.15) is 5.56 Å². The molecule has 3 N–H and O–H groups in total. The van der Waals surface area contributed by atoms with Crippen LogP contribution in [0, 0.1) is 6.92 Å². The standard InChI is InChI=1S/C10H14N6/c1-8-4-13-10(14-5-8)12-2-3-16-7-9(11)6-15-16/h4-7H,2-3,11H2,1H3,(H,12,13,14). The monoisotopic (exact) mass is 218 g/mol. The molecule has 0 saturated heterocycles. The second-order valence-corrected chi connectivity index (χ2v) is 3.55. The zero-order chi connectivity index (χ0) is 11.4. The summed E-state index contributed by atoms with van der Waals surface area (Å²) in [6.45, 7) is 3.40. The Morgan fingerprint density at radius 2 is 2.06 bits per heavy atom. The summed E-state index contributed by atoms with van der Waals surface area (Å²) in [7, 11) is 0. The summed E-state index contributed by atoms with van der Waals surface area (Å²) in [5, 5.41) is 7.18. The predicted molar refractivity (Wildman–Crippen MR) is 61.9 cm³/mol. The fraction of sp³-hybridized carbons (Fsp3) is 0.300. The van der Waals surface area contributed by atoms with Crippen LogP contribution in [0.2, 0.25) is 0 Å². The Kier molecular flexibility index (Phi) is 3.00.